The molecule has 0 radical (unpaired) electrons. The first-order chi connectivity index (χ1) is 13.0. The molecular formula is C18H18BrClN5OP. The molecule has 6 nitrogen and oxygen atoms in total. The molecule has 2 aromatic heterocycles. The first-order valence-corrected chi connectivity index (χ1v) is 11.6. The Bertz CT molecular complexity index is 940. The minimum Gasteiger partial charge on any atom is -0.491 e. The summed E-state index contributed by atoms with van der Waals surface area (Å²) in [7, 11) is -0.383. The molecule has 0 aliphatic rings. The van der Waals surface area contributed by atoms with Crippen molar-refractivity contribution in [2.75, 3.05) is 25.3 Å². The zero-order valence-corrected chi connectivity index (χ0v) is 18.3. The molecule has 3 rings (SSSR count). The molecule has 27 heavy (non-hydrogen) atoms. The number of aromatic nitrogens is 4. The lowest BCUT2D eigenvalue weighted by Crippen LogP contribution is -2.09. The lowest BCUT2D eigenvalue weighted by atomic mass is 10.2. The molecule has 3 aromatic rings. The standard InChI is InChI=1S/C18H18BrClN5OP/c1-4-26-12-8-21-16(22-9-12)11-5-6-14(15(7-11)27(2)3)24-17-13(19)10-23-18(20)25-17/h5-10H,4H2,1-3H3,(H,23,24,25). The Morgan fingerprint density at radius 3 is 2.56 bits per heavy atom. The van der Waals surface area contributed by atoms with Gasteiger partial charge in [0.05, 0.1) is 23.5 Å². The van der Waals surface area contributed by atoms with Crippen molar-refractivity contribution >= 4 is 52.3 Å². The average molecular weight is 467 g/mol. The highest BCUT2D eigenvalue weighted by molar-refractivity contribution is 9.10. The summed E-state index contributed by atoms with van der Waals surface area (Å²) < 4.78 is 6.15. The van der Waals surface area contributed by atoms with Crippen molar-refractivity contribution in [3.63, 3.8) is 0 Å². The number of hydrogen-bond acceptors (Lipinski definition) is 6. The summed E-state index contributed by atoms with van der Waals surface area (Å²) in [6, 6.07) is 6.10. The van der Waals surface area contributed by atoms with E-state index in [9.17, 15) is 0 Å². The highest BCUT2D eigenvalue weighted by atomic mass is 79.9. The van der Waals surface area contributed by atoms with Gasteiger partial charge in [-0.15, -0.1) is 0 Å². The van der Waals surface area contributed by atoms with Crippen LogP contribution in [0.1, 0.15) is 6.92 Å². The third-order valence-electron chi connectivity index (χ3n) is 3.64. The van der Waals surface area contributed by atoms with Crippen molar-refractivity contribution < 1.29 is 4.74 Å². The van der Waals surface area contributed by atoms with Gasteiger partial charge in [0.1, 0.15) is 5.82 Å². The minimum atomic E-state index is -0.383. The van der Waals surface area contributed by atoms with Crippen LogP contribution >= 0.6 is 35.5 Å². The van der Waals surface area contributed by atoms with Gasteiger partial charge in [-0.1, -0.05) is 7.92 Å². The normalized spacial score (nSPS) is 10.9. The quantitative estimate of drug-likeness (QED) is 0.413. The maximum Gasteiger partial charge on any atom is 0.224 e. The van der Waals surface area contributed by atoms with Crippen LogP contribution in [0.15, 0.2) is 41.3 Å². The number of rotatable bonds is 6. The number of benzene rings is 1. The third kappa shape index (κ3) is 4.92. The number of nitrogens with one attached hydrogen (secondary N) is 1. The van der Waals surface area contributed by atoms with Gasteiger partial charge in [-0.05, 0) is 71.3 Å². The van der Waals surface area contributed by atoms with Crippen molar-refractivity contribution in [2.24, 2.45) is 0 Å². The lowest BCUT2D eigenvalue weighted by Gasteiger charge is -2.16. The highest BCUT2D eigenvalue weighted by Gasteiger charge is 2.13. The third-order valence-corrected chi connectivity index (χ3v) is 5.74. The number of anilines is 2. The summed E-state index contributed by atoms with van der Waals surface area (Å²) >= 11 is 9.37. The van der Waals surface area contributed by atoms with Gasteiger partial charge in [0.2, 0.25) is 5.28 Å². The van der Waals surface area contributed by atoms with Gasteiger partial charge in [0.25, 0.3) is 0 Å². The Morgan fingerprint density at radius 2 is 1.89 bits per heavy atom. The minimum absolute atomic E-state index is 0.192. The highest BCUT2D eigenvalue weighted by Crippen LogP contribution is 2.33. The Kier molecular flexibility index (Phi) is 6.58. The molecule has 9 heteroatoms. The van der Waals surface area contributed by atoms with E-state index in [1.54, 1.807) is 18.6 Å². The molecule has 140 valence electrons. The van der Waals surface area contributed by atoms with Crippen molar-refractivity contribution in [1.29, 1.82) is 0 Å². The summed E-state index contributed by atoms with van der Waals surface area (Å²) in [4.78, 5) is 17.0. The molecule has 0 unspecified atom stereocenters. The molecule has 0 amide bonds. The van der Waals surface area contributed by atoms with Gasteiger partial charge in [0.15, 0.2) is 11.6 Å². The smallest absolute Gasteiger partial charge is 0.224 e. The molecule has 0 aliphatic carbocycles. The number of nitrogens with zero attached hydrogens (tertiary/aromatic N) is 4. The molecule has 0 aliphatic heterocycles. The summed E-state index contributed by atoms with van der Waals surface area (Å²) in [6.45, 7) is 6.91. The van der Waals surface area contributed by atoms with Crippen LogP contribution in [0.4, 0.5) is 11.5 Å². The van der Waals surface area contributed by atoms with Crippen LogP contribution in [0.2, 0.25) is 5.28 Å². The summed E-state index contributed by atoms with van der Waals surface area (Å²) in [5.41, 5.74) is 1.92. The SMILES string of the molecule is CCOc1cnc(-c2ccc(Nc3nc(Cl)ncc3Br)c(P(C)C)c2)nc1. The van der Waals surface area contributed by atoms with Crippen LogP contribution in [-0.4, -0.2) is 39.9 Å². The topological polar surface area (TPSA) is 72.8 Å². The fourth-order valence-corrected chi connectivity index (χ4v) is 3.85. The van der Waals surface area contributed by atoms with Crippen LogP contribution < -0.4 is 15.4 Å². The van der Waals surface area contributed by atoms with Crippen LogP contribution in [-0.2, 0) is 0 Å². The van der Waals surface area contributed by atoms with E-state index in [2.05, 4.69) is 60.6 Å². The summed E-state index contributed by atoms with van der Waals surface area (Å²) in [5.74, 6) is 1.95. The molecule has 2 heterocycles. The first-order valence-electron chi connectivity index (χ1n) is 8.19. The zero-order chi connectivity index (χ0) is 19.4. The van der Waals surface area contributed by atoms with E-state index in [4.69, 9.17) is 16.3 Å². The lowest BCUT2D eigenvalue weighted by molar-refractivity contribution is 0.337. The fraction of sp³-hybridized carbons (Fsp3) is 0.222. The Balaban J connectivity index is 1.94. The Morgan fingerprint density at radius 1 is 1.15 bits per heavy atom. The van der Waals surface area contributed by atoms with Crippen LogP contribution in [0.25, 0.3) is 11.4 Å². The predicted octanol–water partition coefficient (Wildman–Crippen LogP) is 4.86. The summed E-state index contributed by atoms with van der Waals surface area (Å²) in [5, 5.41) is 4.71. The second-order valence-electron chi connectivity index (χ2n) is 5.76. The number of hydrogen-bond donors (Lipinski definition) is 1. The molecule has 0 saturated heterocycles. The van der Waals surface area contributed by atoms with Crippen molar-refractivity contribution in [1.82, 2.24) is 19.9 Å². The molecule has 0 atom stereocenters. The van der Waals surface area contributed by atoms with E-state index in [0.717, 1.165) is 15.7 Å². The number of halogens is 2. The van der Waals surface area contributed by atoms with Crippen LogP contribution in [0, 0.1) is 0 Å². The van der Waals surface area contributed by atoms with Gasteiger partial charge in [0, 0.05) is 17.4 Å². The van der Waals surface area contributed by atoms with E-state index >= 15 is 0 Å². The van der Waals surface area contributed by atoms with Gasteiger partial charge in [-0.25, -0.2) is 15.0 Å². The first kappa shape index (κ1) is 19.9. The fourth-order valence-electron chi connectivity index (χ4n) is 2.41. The second kappa shape index (κ2) is 8.91. The van der Waals surface area contributed by atoms with Crippen molar-refractivity contribution in [3.05, 3.63) is 46.5 Å². The van der Waals surface area contributed by atoms with E-state index in [-0.39, 0.29) is 13.2 Å². The molecule has 0 bridgehead atoms. The maximum atomic E-state index is 5.92. The van der Waals surface area contributed by atoms with Gasteiger partial charge in [-0.3, -0.25) is 0 Å². The zero-order valence-electron chi connectivity index (χ0n) is 15.1. The average Bonchev–Trinajstić information content (AvgIpc) is 2.66. The largest absolute Gasteiger partial charge is 0.491 e. The molecule has 1 aromatic carbocycles. The van der Waals surface area contributed by atoms with Gasteiger partial charge in [-0.2, -0.15) is 4.98 Å². The molecule has 0 spiro atoms. The van der Waals surface area contributed by atoms with Gasteiger partial charge < -0.3 is 10.1 Å². The van der Waals surface area contributed by atoms with E-state index in [0.29, 0.717) is 24.0 Å². The summed E-state index contributed by atoms with van der Waals surface area (Å²) in [6.07, 6.45) is 5.01. The molecule has 0 fully saturated rings. The van der Waals surface area contributed by atoms with Gasteiger partial charge >= 0.3 is 0 Å². The van der Waals surface area contributed by atoms with E-state index in [1.807, 2.05) is 19.1 Å². The molecule has 0 saturated carbocycles. The van der Waals surface area contributed by atoms with Crippen LogP contribution in [0.5, 0.6) is 5.75 Å². The van der Waals surface area contributed by atoms with Crippen molar-refractivity contribution in [3.8, 4) is 17.1 Å². The maximum absolute atomic E-state index is 5.92. The number of ether oxygens (including phenoxy) is 1. The Hall–Kier alpha value is -1.82. The molecular weight excluding hydrogens is 449 g/mol. The Labute approximate surface area is 172 Å². The monoisotopic (exact) mass is 465 g/mol. The van der Waals surface area contributed by atoms with E-state index < -0.39 is 0 Å². The molecule has 1 N–H and O–H groups in total. The van der Waals surface area contributed by atoms with Crippen molar-refractivity contribution in [2.45, 2.75) is 6.92 Å². The van der Waals surface area contributed by atoms with E-state index in [1.165, 1.54) is 5.30 Å². The predicted molar refractivity (Wildman–Crippen MR) is 115 cm³/mol. The second-order valence-corrected chi connectivity index (χ2v) is 9.23. The van der Waals surface area contributed by atoms with Crippen LogP contribution in [0.3, 0.4) is 0 Å².